The fourth-order valence-electron chi connectivity index (χ4n) is 2.21. The van der Waals surface area contributed by atoms with Crippen LogP contribution in [0, 0.1) is 6.92 Å². The number of aromatic nitrogens is 2. The molecule has 98 valence electrons. The van der Waals surface area contributed by atoms with Gasteiger partial charge in [-0.25, -0.2) is 14.8 Å². The molecule has 2 heterocycles. The van der Waals surface area contributed by atoms with E-state index in [0.29, 0.717) is 17.7 Å². The molecular formula is C12H18N4O2. The molecule has 0 amide bonds. The van der Waals surface area contributed by atoms with Gasteiger partial charge in [0.25, 0.3) is 0 Å². The number of hydrogen-bond acceptors (Lipinski definition) is 5. The van der Waals surface area contributed by atoms with E-state index in [0.717, 1.165) is 19.5 Å². The summed E-state index contributed by atoms with van der Waals surface area (Å²) in [5, 5.41) is 9.01. The largest absolute Gasteiger partial charge is 0.477 e. The maximum Gasteiger partial charge on any atom is 0.354 e. The van der Waals surface area contributed by atoms with Gasteiger partial charge in [0, 0.05) is 25.3 Å². The third-order valence-electron chi connectivity index (χ3n) is 3.29. The van der Waals surface area contributed by atoms with Crippen molar-refractivity contribution in [3.63, 3.8) is 0 Å². The van der Waals surface area contributed by atoms with Gasteiger partial charge in [-0.3, -0.25) is 0 Å². The van der Waals surface area contributed by atoms with Crippen LogP contribution in [0.3, 0.4) is 0 Å². The molecule has 1 aromatic rings. The van der Waals surface area contributed by atoms with Gasteiger partial charge < -0.3 is 14.9 Å². The summed E-state index contributed by atoms with van der Waals surface area (Å²) < 4.78 is 0. The number of hydrogen-bond donors (Lipinski definition) is 1. The molecular weight excluding hydrogens is 232 g/mol. The summed E-state index contributed by atoms with van der Waals surface area (Å²) in [7, 11) is 4.00. The lowest BCUT2D eigenvalue weighted by Crippen LogP contribution is -2.35. The highest BCUT2D eigenvalue weighted by molar-refractivity contribution is 5.85. The molecule has 1 unspecified atom stereocenters. The van der Waals surface area contributed by atoms with Gasteiger partial charge in [0.1, 0.15) is 0 Å². The molecule has 0 saturated carbocycles. The van der Waals surface area contributed by atoms with E-state index in [9.17, 15) is 4.79 Å². The smallest absolute Gasteiger partial charge is 0.354 e. The van der Waals surface area contributed by atoms with Gasteiger partial charge in [-0.1, -0.05) is 0 Å². The fraction of sp³-hybridized carbons (Fsp3) is 0.583. The van der Waals surface area contributed by atoms with Crippen molar-refractivity contribution in [3.8, 4) is 0 Å². The van der Waals surface area contributed by atoms with Crippen molar-refractivity contribution in [2.75, 3.05) is 32.1 Å². The molecule has 6 nitrogen and oxygen atoms in total. The Hall–Kier alpha value is -1.69. The Kier molecular flexibility index (Phi) is 3.47. The molecule has 0 spiro atoms. The van der Waals surface area contributed by atoms with Crippen LogP contribution >= 0.6 is 0 Å². The molecule has 0 aromatic carbocycles. The zero-order chi connectivity index (χ0) is 13.3. The summed E-state index contributed by atoms with van der Waals surface area (Å²) in [5.41, 5.74) is 0.728. The Bertz CT molecular complexity index is 463. The first kappa shape index (κ1) is 12.8. The van der Waals surface area contributed by atoms with Crippen molar-refractivity contribution >= 4 is 11.9 Å². The number of rotatable bonds is 3. The summed E-state index contributed by atoms with van der Waals surface area (Å²) in [6.45, 7) is 3.79. The number of nitrogens with zero attached hydrogens (tertiary/aromatic N) is 4. The molecule has 6 heteroatoms. The Balaban J connectivity index is 2.24. The van der Waals surface area contributed by atoms with E-state index < -0.39 is 5.97 Å². The monoisotopic (exact) mass is 250 g/mol. The predicted molar refractivity (Wildman–Crippen MR) is 68.0 cm³/mol. The van der Waals surface area contributed by atoms with E-state index in [4.69, 9.17) is 5.11 Å². The second-order valence-corrected chi connectivity index (χ2v) is 4.82. The van der Waals surface area contributed by atoms with Crippen LogP contribution in [-0.2, 0) is 0 Å². The second-order valence-electron chi connectivity index (χ2n) is 4.82. The van der Waals surface area contributed by atoms with E-state index in [2.05, 4.69) is 21.9 Å². The number of likely N-dealkylation sites (tertiary alicyclic amines) is 1. The number of carboxylic acids is 1. The SMILES string of the molecule is Cc1cc(C(=O)O)nc(N(C)C2CCN(C)C2)n1. The first-order chi connectivity index (χ1) is 8.47. The lowest BCUT2D eigenvalue weighted by molar-refractivity contribution is 0.0690. The minimum Gasteiger partial charge on any atom is -0.477 e. The molecule has 1 aromatic heterocycles. The minimum absolute atomic E-state index is 0.0516. The highest BCUT2D eigenvalue weighted by Gasteiger charge is 2.25. The van der Waals surface area contributed by atoms with Crippen LogP contribution in [0.5, 0.6) is 0 Å². The predicted octanol–water partition coefficient (Wildman–Crippen LogP) is 0.624. The van der Waals surface area contributed by atoms with Crippen LogP contribution in [0.1, 0.15) is 22.6 Å². The molecule has 1 aliphatic heterocycles. The maximum absolute atomic E-state index is 11.0. The molecule has 1 N–H and O–H groups in total. The molecule has 0 bridgehead atoms. The number of aryl methyl sites for hydroxylation is 1. The Morgan fingerprint density at radius 2 is 2.28 bits per heavy atom. The van der Waals surface area contributed by atoms with Crippen molar-refractivity contribution in [3.05, 3.63) is 17.5 Å². The van der Waals surface area contributed by atoms with E-state index >= 15 is 0 Å². The van der Waals surface area contributed by atoms with Crippen LogP contribution in [0.15, 0.2) is 6.07 Å². The zero-order valence-electron chi connectivity index (χ0n) is 10.9. The quantitative estimate of drug-likeness (QED) is 0.848. The number of aromatic carboxylic acids is 1. The molecule has 1 atom stereocenters. The molecule has 0 radical (unpaired) electrons. The number of anilines is 1. The van der Waals surface area contributed by atoms with E-state index in [1.165, 1.54) is 6.07 Å². The van der Waals surface area contributed by atoms with Gasteiger partial charge in [0.15, 0.2) is 5.69 Å². The zero-order valence-corrected chi connectivity index (χ0v) is 10.9. The minimum atomic E-state index is -1.02. The third-order valence-corrected chi connectivity index (χ3v) is 3.29. The van der Waals surface area contributed by atoms with E-state index in [1.807, 2.05) is 11.9 Å². The Morgan fingerprint density at radius 1 is 1.56 bits per heavy atom. The van der Waals surface area contributed by atoms with Gasteiger partial charge in [0.2, 0.25) is 5.95 Å². The van der Waals surface area contributed by atoms with Gasteiger partial charge in [-0.15, -0.1) is 0 Å². The summed E-state index contributed by atoms with van der Waals surface area (Å²) in [6, 6.07) is 1.83. The van der Waals surface area contributed by atoms with Crippen molar-refractivity contribution in [2.24, 2.45) is 0 Å². The van der Waals surface area contributed by atoms with Crippen LogP contribution in [-0.4, -0.2) is 59.2 Å². The van der Waals surface area contributed by atoms with Gasteiger partial charge in [-0.05, 0) is 33.0 Å². The first-order valence-corrected chi connectivity index (χ1v) is 5.97. The summed E-state index contributed by atoms with van der Waals surface area (Å²) in [6.07, 6.45) is 1.05. The summed E-state index contributed by atoms with van der Waals surface area (Å²) >= 11 is 0. The molecule has 1 saturated heterocycles. The third kappa shape index (κ3) is 2.59. The number of likely N-dealkylation sites (N-methyl/N-ethyl adjacent to an activating group) is 2. The topological polar surface area (TPSA) is 69.6 Å². The molecule has 2 rings (SSSR count). The first-order valence-electron chi connectivity index (χ1n) is 5.97. The van der Waals surface area contributed by atoms with E-state index in [1.54, 1.807) is 6.92 Å². The fourth-order valence-corrected chi connectivity index (χ4v) is 2.21. The second kappa shape index (κ2) is 4.89. The summed E-state index contributed by atoms with van der Waals surface area (Å²) in [5.74, 6) is -0.522. The van der Waals surface area contributed by atoms with Crippen molar-refractivity contribution in [2.45, 2.75) is 19.4 Å². The van der Waals surface area contributed by atoms with Crippen LogP contribution in [0.4, 0.5) is 5.95 Å². The maximum atomic E-state index is 11.0. The average molecular weight is 250 g/mol. The number of carboxylic acid groups (broad SMARTS) is 1. The van der Waals surface area contributed by atoms with Crippen LogP contribution < -0.4 is 4.90 Å². The van der Waals surface area contributed by atoms with Crippen molar-refractivity contribution < 1.29 is 9.90 Å². The normalized spacial score (nSPS) is 20.1. The van der Waals surface area contributed by atoms with E-state index in [-0.39, 0.29) is 5.69 Å². The van der Waals surface area contributed by atoms with Crippen molar-refractivity contribution in [1.82, 2.24) is 14.9 Å². The molecule has 1 aliphatic rings. The van der Waals surface area contributed by atoms with Gasteiger partial charge >= 0.3 is 5.97 Å². The standard InChI is InChI=1S/C12H18N4O2/c1-8-6-10(11(17)18)14-12(13-8)16(3)9-4-5-15(2)7-9/h6,9H,4-5,7H2,1-3H3,(H,17,18). The molecule has 18 heavy (non-hydrogen) atoms. The molecule has 1 fully saturated rings. The molecule has 0 aliphatic carbocycles. The summed E-state index contributed by atoms with van der Waals surface area (Å²) in [4.78, 5) is 23.6. The lowest BCUT2D eigenvalue weighted by atomic mass is 10.2. The number of carbonyl (C=O) groups is 1. The van der Waals surface area contributed by atoms with Crippen LogP contribution in [0.25, 0.3) is 0 Å². The lowest BCUT2D eigenvalue weighted by Gasteiger charge is -2.24. The highest BCUT2D eigenvalue weighted by atomic mass is 16.4. The van der Waals surface area contributed by atoms with Crippen molar-refractivity contribution in [1.29, 1.82) is 0 Å². The van der Waals surface area contributed by atoms with Gasteiger partial charge in [-0.2, -0.15) is 0 Å². The highest BCUT2D eigenvalue weighted by Crippen LogP contribution is 2.18. The Labute approximate surface area is 106 Å². The van der Waals surface area contributed by atoms with Gasteiger partial charge in [0.05, 0.1) is 0 Å². The van der Waals surface area contributed by atoms with Crippen LogP contribution in [0.2, 0.25) is 0 Å². The Morgan fingerprint density at radius 3 is 2.83 bits per heavy atom. The average Bonchev–Trinajstić information content (AvgIpc) is 2.74.